The summed E-state index contributed by atoms with van der Waals surface area (Å²) in [5.74, 6) is -0.401. The Morgan fingerprint density at radius 1 is 1.37 bits per heavy atom. The zero-order chi connectivity index (χ0) is 13.7. The quantitative estimate of drug-likeness (QED) is 0.606. The molecule has 2 aromatic rings. The van der Waals surface area contributed by atoms with Crippen molar-refractivity contribution in [1.29, 1.82) is 0 Å². The van der Waals surface area contributed by atoms with Gasteiger partial charge in [0.15, 0.2) is 0 Å². The second kappa shape index (κ2) is 6.36. The minimum absolute atomic E-state index is 0.233. The van der Waals surface area contributed by atoms with Crippen molar-refractivity contribution < 1.29 is 14.3 Å². The number of fused-ring (bicyclic) bond motifs is 1. The Morgan fingerprint density at radius 2 is 2.16 bits per heavy atom. The van der Waals surface area contributed by atoms with E-state index < -0.39 is 12.0 Å². The second-order valence-electron chi connectivity index (χ2n) is 4.33. The number of carbonyl (C=O) groups excluding carboxylic acids is 1. The first-order chi connectivity index (χ1) is 9.22. The van der Waals surface area contributed by atoms with E-state index in [0.29, 0.717) is 13.0 Å². The first-order valence-electron chi connectivity index (χ1n) is 6.18. The number of methoxy groups -OCH3 is 1. The zero-order valence-electron chi connectivity index (χ0n) is 10.9. The minimum atomic E-state index is -0.656. The number of benzene rings is 1. The summed E-state index contributed by atoms with van der Waals surface area (Å²) in [6.07, 6.45) is 2.34. The van der Waals surface area contributed by atoms with Gasteiger partial charge in [-0.2, -0.15) is 0 Å². The van der Waals surface area contributed by atoms with E-state index in [1.165, 1.54) is 0 Å². The number of aromatic nitrogens is 1. The van der Waals surface area contributed by atoms with Crippen molar-refractivity contribution in [3.63, 3.8) is 0 Å². The van der Waals surface area contributed by atoms with Gasteiger partial charge in [-0.3, -0.25) is 4.79 Å². The minimum Gasteiger partial charge on any atom is -0.462 e. The fourth-order valence-corrected chi connectivity index (χ4v) is 1.95. The largest absolute Gasteiger partial charge is 0.462 e. The molecule has 0 amide bonds. The van der Waals surface area contributed by atoms with Crippen LogP contribution in [0, 0.1) is 0 Å². The number of aromatic amines is 1. The first kappa shape index (κ1) is 13.6. The third-order valence-electron chi connectivity index (χ3n) is 2.95. The molecule has 0 aliphatic carbocycles. The summed E-state index contributed by atoms with van der Waals surface area (Å²) in [6, 6.07) is 7.26. The van der Waals surface area contributed by atoms with Crippen LogP contribution in [0.5, 0.6) is 0 Å². The molecule has 0 saturated heterocycles. The predicted octanol–water partition coefficient (Wildman–Crippen LogP) is 1.23. The smallest absolute Gasteiger partial charge is 0.323 e. The number of esters is 1. The highest BCUT2D eigenvalue weighted by Crippen LogP contribution is 2.18. The number of nitrogens with two attached hydrogens (primary N) is 1. The van der Waals surface area contributed by atoms with Crippen LogP contribution in [0.4, 0.5) is 0 Å². The fourth-order valence-electron chi connectivity index (χ4n) is 1.95. The number of para-hydroxylation sites is 1. The number of hydrogen-bond donors (Lipinski definition) is 2. The van der Waals surface area contributed by atoms with Crippen LogP contribution in [0.2, 0.25) is 0 Å². The van der Waals surface area contributed by atoms with Gasteiger partial charge >= 0.3 is 5.97 Å². The molecule has 0 aliphatic rings. The van der Waals surface area contributed by atoms with E-state index in [1.807, 2.05) is 30.5 Å². The molecule has 5 nitrogen and oxygen atoms in total. The fraction of sp³-hybridized carbons (Fsp3) is 0.357. The monoisotopic (exact) mass is 262 g/mol. The van der Waals surface area contributed by atoms with E-state index in [9.17, 15) is 4.79 Å². The third-order valence-corrected chi connectivity index (χ3v) is 2.95. The van der Waals surface area contributed by atoms with Crippen LogP contribution in [0.1, 0.15) is 5.56 Å². The molecule has 0 fully saturated rings. The van der Waals surface area contributed by atoms with Gasteiger partial charge in [0.25, 0.3) is 0 Å². The Morgan fingerprint density at radius 3 is 2.95 bits per heavy atom. The van der Waals surface area contributed by atoms with Gasteiger partial charge in [-0.25, -0.2) is 0 Å². The highest BCUT2D eigenvalue weighted by atomic mass is 16.6. The zero-order valence-corrected chi connectivity index (χ0v) is 10.9. The standard InChI is InChI=1S/C14H18N2O3/c1-18-6-7-19-14(17)12(15)8-10-9-16-13-5-3-2-4-11(10)13/h2-5,9,12,16H,6-8,15H2,1H3. The molecule has 5 heteroatoms. The van der Waals surface area contributed by atoms with Gasteiger partial charge in [0.05, 0.1) is 6.61 Å². The Balaban J connectivity index is 1.98. The Kier molecular flexibility index (Phi) is 4.54. The van der Waals surface area contributed by atoms with Crippen molar-refractivity contribution in [2.24, 2.45) is 5.73 Å². The molecular formula is C14H18N2O3. The molecule has 1 unspecified atom stereocenters. The van der Waals surface area contributed by atoms with Crippen molar-refractivity contribution in [2.45, 2.75) is 12.5 Å². The van der Waals surface area contributed by atoms with Gasteiger partial charge in [-0.15, -0.1) is 0 Å². The molecule has 102 valence electrons. The Labute approximate surface area is 111 Å². The normalized spacial score (nSPS) is 12.5. The molecule has 0 spiro atoms. The summed E-state index contributed by atoms with van der Waals surface area (Å²) in [4.78, 5) is 14.8. The maximum absolute atomic E-state index is 11.7. The van der Waals surface area contributed by atoms with Gasteiger partial charge in [-0.1, -0.05) is 18.2 Å². The summed E-state index contributed by atoms with van der Waals surface area (Å²) in [5.41, 5.74) is 7.91. The SMILES string of the molecule is COCCOC(=O)C(N)Cc1c[nH]c2ccccc12. The van der Waals surface area contributed by atoms with Crippen LogP contribution >= 0.6 is 0 Å². The lowest BCUT2D eigenvalue weighted by Crippen LogP contribution is -2.34. The Hall–Kier alpha value is -1.85. The summed E-state index contributed by atoms with van der Waals surface area (Å²) >= 11 is 0. The molecule has 1 aromatic heterocycles. The van der Waals surface area contributed by atoms with E-state index in [1.54, 1.807) is 7.11 Å². The van der Waals surface area contributed by atoms with Crippen molar-refractivity contribution in [3.05, 3.63) is 36.0 Å². The van der Waals surface area contributed by atoms with Gasteiger partial charge in [0.1, 0.15) is 12.6 Å². The number of carbonyl (C=O) groups is 1. The molecule has 0 bridgehead atoms. The summed E-state index contributed by atoms with van der Waals surface area (Å²) in [5, 5.41) is 1.09. The van der Waals surface area contributed by atoms with Gasteiger partial charge in [0.2, 0.25) is 0 Å². The molecule has 2 rings (SSSR count). The lowest BCUT2D eigenvalue weighted by Gasteiger charge is -2.10. The lowest BCUT2D eigenvalue weighted by molar-refractivity contribution is -0.146. The van der Waals surface area contributed by atoms with Crippen LogP contribution in [-0.2, 0) is 20.7 Å². The van der Waals surface area contributed by atoms with Gasteiger partial charge in [-0.05, 0) is 11.6 Å². The molecule has 1 aromatic carbocycles. The highest BCUT2D eigenvalue weighted by Gasteiger charge is 2.17. The van der Waals surface area contributed by atoms with E-state index >= 15 is 0 Å². The van der Waals surface area contributed by atoms with E-state index in [0.717, 1.165) is 16.5 Å². The molecule has 1 atom stereocenters. The van der Waals surface area contributed by atoms with Gasteiger partial charge in [0, 0.05) is 30.6 Å². The predicted molar refractivity (Wildman–Crippen MR) is 72.8 cm³/mol. The number of H-pyrrole nitrogens is 1. The van der Waals surface area contributed by atoms with E-state index in [4.69, 9.17) is 15.2 Å². The molecule has 0 aliphatic heterocycles. The maximum Gasteiger partial charge on any atom is 0.323 e. The third kappa shape index (κ3) is 3.33. The number of nitrogens with one attached hydrogen (secondary N) is 1. The summed E-state index contributed by atoms with van der Waals surface area (Å²) in [7, 11) is 1.56. The van der Waals surface area contributed by atoms with Crippen molar-refractivity contribution >= 4 is 16.9 Å². The molecule has 3 N–H and O–H groups in total. The van der Waals surface area contributed by atoms with Crippen LogP contribution in [0.3, 0.4) is 0 Å². The topological polar surface area (TPSA) is 77.3 Å². The molecule has 0 saturated carbocycles. The lowest BCUT2D eigenvalue weighted by atomic mass is 10.1. The summed E-state index contributed by atoms with van der Waals surface area (Å²) in [6.45, 7) is 0.614. The van der Waals surface area contributed by atoms with E-state index in [2.05, 4.69) is 4.98 Å². The Bertz CT molecular complexity index is 550. The molecule has 1 heterocycles. The highest BCUT2D eigenvalue weighted by molar-refractivity contribution is 5.84. The van der Waals surface area contributed by atoms with E-state index in [-0.39, 0.29) is 6.61 Å². The average molecular weight is 262 g/mol. The van der Waals surface area contributed by atoms with Crippen molar-refractivity contribution in [1.82, 2.24) is 4.98 Å². The van der Waals surface area contributed by atoms with Crippen LogP contribution in [-0.4, -0.2) is 37.3 Å². The second-order valence-corrected chi connectivity index (χ2v) is 4.33. The van der Waals surface area contributed by atoms with Crippen LogP contribution in [0.25, 0.3) is 10.9 Å². The van der Waals surface area contributed by atoms with Crippen LogP contribution in [0.15, 0.2) is 30.5 Å². The molecular weight excluding hydrogens is 244 g/mol. The maximum atomic E-state index is 11.7. The van der Waals surface area contributed by atoms with Crippen LogP contribution < -0.4 is 5.73 Å². The first-order valence-corrected chi connectivity index (χ1v) is 6.18. The summed E-state index contributed by atoms with van der Waals surface area (Å²) < 4.78 is 9.82. The number of rotatable bonds is 6. The van der Waals surface area contributed by atoms with Crippen molar-refractivity contribution in [3.8, 4) is 0 Å². The number of ether oxygens (including phenoxy) is 2. The van der Waals surface area contributed by atoms with Crippen molar-refractivity contribution in [2.75, 3.05) is 20.3 Å². The molecule has 0 radical (unpaired) electrons. The molecule has 19 heavy (non-hydrogen) atoms. The number of hydrogen-bond acceptors (Lipinski definition) is 4. The van der Waals surface area contributed by atoms with Gasteiger partial charge < -0.3 is 20.2 Å². The average Bonchev–Trinajstić information content (AvgIpc) is 2.82.